The molecule has 1 aromatic rings. The Morgan fingerprint density at radius 2 is 2.00 bits per heavy atom. The van der Waals surface area contributed by atoms with Gasteiger partial charge in [-0.05, 0) is 37.9 Å². The van der Waals surface area contributed by atoms with E-state index < -0.39 is 0 Å². The molecule has 0 amide bonds. The van der Waals surface area contributed by atoms with Crippen LogP contribution >= 0.6 is 0 Å². The molecule has 0 aromatic heterocycles. The van der Waals surface area contributed by atoms with E-state index >= 15 is 0 Å². The zero-order valence-electron chi connectivity index (χ0n) is 12.4. The zero-order chi connectivity index (χ0) is 13.5. The summed E-state index contributed by atoms with van der Waals surface area (Å²) in [5.74, 6) is 1.47. The molecule has 1 N–H and O–H groups in total. The van der Waals surface area contributed by atoms with Gasteiger partial charge >= 0.3 is 0 Å². The van der Waals surface area contributed by atoms with Crippen LogP contribution in [-0.2, 0) is 0 Å². The predicted octanol–water partition coefficient (Wildman–Crippen LogP) is 3.89. The van der Waals surface area contributed by atoms with Crippen LogP contribution in [-0.4, -0.2) is 19.7 Å². The van der Waals surface area contributed by atoms with Gasteiger partial charge in [-0.3, -0.25) is 0 Å². The Balaban J connectivity index is 2.92. The minimum absolute atomic E-state index is 0.469. The van der Waals surface area contributed by atoms with E-state index in [1.54, 1.807) is 7.11 Å². The third kappa shape index (κ3) is 3.74. The van der Waals surface area contributed by atoms with Crippen molar-refractivity contribution in [1.82, 2.24) is 5.32 Å². The molecule has 2 unspecified atom stereocenters. The zero-order valence-corrected chi connectivity index (χ0v) is 12.4. The molecule has 2 nitrogen and oxygen atoms in total. The van der Waals surface area contributed by atoms with Crippen molar-refractivity contribution in [2.24, 2.45) is 0 Å². The molecule has 0 aliphatic carbocycles. The van der Waals surface area contributed by atoms with Crippen LogP contribution in [0.25, 0.3) is 0 Å². The van der Waals surface area contributed by atoms with Gasteiger partial charge < -0.3 is 10.1 Å². The van der Waals surface area contributed by atoms with Gasteiger partial charge in [0.1, 0.15) is 5.75 Å². The van der Waals surface area contributed by atoms with E-state index in [4.69, 9.17) is 4.74 Å². The summed E-state index contributed by atoms with van der Waals surface area (Å²) in [6.07, 6.45) is 2.31. The van der Waals surface area contributed by atoms with Gasteiger partial charge in [0, 0.05) is 12.0 Å². The van der Waals surface area contributed by atoms with Gasteiger partial charge in [-0.15, -0.1) is 0 Å². The average molecular weight is 249 g/mol. The Hall–Kier alpha value is -1.02. The molecule has 0 saturated heterocycles. The molecule has 0 radical (unpaired) electrons. The third-order valence-corrected chi connectivity index (χ3v) is 3.58. The molecule has 0 heterocycles. The quantitative estimate of drug-likeness (QED) is 0.791. The fraction of sp³-hybridized carbons (Fsp3) is 0.625. The highest BCUT2D eigenvalue weighted by Crippen LogP contribution is 2.30. The minimum atomic E-state index is 0.469. The molecule has 1 aromatic carbocycles. The number of aryl methyl sites for hydroxylation is 1. The Bertz CT molecular complexity index is 362. The van der Waals surface area contributed by atoms with Crippen molar-refractivity contribution < 1.29 is 4.74 Å². The summed E-state index contributed by atoms with van der Waals surface area (Å²) in [6, 6.07) is 6.95. The van der Waals surface area contributed by atoms with Gasteiger partial charge in [0.15, 0.2) is 0 Å². The van der Waals surface area contributed by atoms with E-state index in [9.17, 15) is 0 Å². The van der Waals surface area contributed by atoms with E-state index in [-0.39, 0.29) is 0 Å². The summed E-state index contributed by atoms with van der Waals surface area (Å²) in [5.41, 5.74) is 2.61. The van der Waals surface area contributed by atoms with Gasteiger partial charge in [-0.2, -0.15) is 0 Å². The molecule has 102 valence electrons. The van der Waals surface area contributed by atoms with Crippen LogP contribution in [0.15, 0.2) is 18.2 Å². The van der Waals surface area contributed by atoms with Crippen LogP contribution in [0.2, 0.25) is 0 Å². The number of rotatable bonds is 7. The van der Waals surface area contributed by atoms with Crippen LogP contribution in [0.5, 0.6) is 5.75 Å². The lowest BCUT2D eigenvalue weighted by Gasteiger charge is -2.26. The molecule has 18 heavy (non-hydrogen) atoms. The van der Waals surface area contributed by atoms with Gasteiger partial charge in [-0.1, -0.05) is 38.5 Å². The van der Waals surface area contributed by atoms with E-state index in [2.05, 4.69) is 51.2 Å². The highest BCUT2D eigenvalue weighted by atomic mass is 16.5. The molecule has 0 saturated carbocycles. The minimum Gasteiger partial charge on any atom is -0.496 e. The number of methoxy groups -OCH3 is 1. The predicted molar refractivity (Wildman–Crippen MR) is 78.5 cm³/mol. The van der Waals surface area contributed by atoms with Crippen LogP contribution in [0.3, 0.4) is 0 Å². The van der Waals surface area contributed by atoms with Crippen LogP contribution in [0, 0.1) is 6.92 Å². The summed E-state index contributed by atoms with van der Waals surface area (Å²) >= 11 is 0. The number of hydrogen-bond acceptors (Lipinski definition) is 2. The smallest absolute Gasteiger partial charge is 0.122 e. The number of ether oxygens (including phenoxy) is 1. The fourth-order valence-electron chi connectivity index (χ4n) is 2.43. The van der Waals surface area contributed by atoms with E-state index in [0.717, 1.165) is 18.7 Å². The number of benzene rings is 1. The van der Waals surface area contributed by atoms with Crippen LogP contribution in [0.4, 0.5) is 0 Å². The normalized spacial score (nSPS) is 14.3. The summed E-state index contributed by atoms with van der Waals surface area (Å²) in [5, 5.41) is 3.63. The Kier molecular flexibility index (Phi) is 6.20. The van der Waals surface area contributed by atoms with Crippen molar-refractivity contribution in [3.8, 4) is 5.75 Å². The summed E-state index contributed by atoms with van der Waals surface area (Å²) in [6.45, 7) is 9.95. The topological polar surface area (TPSA) is 21.3 Å². The van der Waals surface area contributed by atoms with Crippen LogP contribution < -0.4 is 10.1 Å². The second-order valence-corrected chi connectivity index (χ2v) is 5.00. The monoisotopic (exact) mass is 249 g/mol. The van der Waals surface area contributed by atoms with E-state index in [0.29, 0.717) is 12.0 Å². The molecule has 2 atom stereocenters. The van der Waals surface area contributed by atoms with Crippen molar-refractivity contribution in [3.63, 3.8) is 0 Å². The van der Waals surface area contributed by atoms with E-state index in [1.807, 2.05) is 0 Å². The molecule has 0 spiro atoms. The second kappa shape index (κ2) is 7.42. The molecule has 0 bridgehead atoms. The molecule has 1 rings (SSSR count). The third-order valence-electron chi connectivity index (χ3n) is 3.58. The molecule has 0 aliphatic heterocycles. The molecule has 0 fully saturated rings. The maximum absolute atomic E-state index is 5.49. The van der Waals surface area contributed by atoms with Gasteiger partial charge in [-0.25, -0.2) is 0 Å². The first kappa shape index (κ1) is 15.0. The number of nitrogens with one attached hydrogen (secondary N) is 1. The maximum atomic E-state index is 5.49. The highest BCUT2D eigenvalue weighted by molar-refractivity contribution is 5.39. The van der Waals surface area contributed by atoms with Crippen molar-refractivity contribution in [3.05, 3.63) is 29.3 Å². The SMILES string of the molecule is CCCNC(CC)C(C)c1cc(C)ccc1OC. The van der Waals surface area contributed by atoms with Crippen molar-refractivity contribution >= 4 is 0 Å². The van der Waals surface area contributed by atoms with Crippen molar-refractivity contribution in [1.29, 1.82) is 0 Å². The second-order valence-electron chi connectivity index (χ2n) is 5.00. The molecule has 2 heteroatoms. The molecule has 0 aliphatic rings. The summed E-state index contributed by atoms with van der Waals surface area (Å²) in [4.78, 5) is 0. The Morgan fingerprint density at radius 1 is 1.28 bits per heavy atom. The average Bonchev–Trinajstić information content (AvgIpc) is 2.39. The summed E-state index contributed by atoms with van der Waals surface area (Å²) in [7, 11) is 1.75. The van der Waals surface area contributed by atoms with Gasteiger partial charge in [0.05, 0.1) is 7.11 Å². The van der Waals surface area contributed by atoms with E-state index in [1.165, 1.54) is 17.5 Å². The Labute approximate surface area is 112 Å². The lowest BCUT2D eigenvalue weighted by Crippen LogP contribution is -2.33. The first-order valence-electron chi connectivity index (χ1n) is 7.01. The lowest BCUT2D eigenvalue weighted by atomic mass is 9.90. The highest BCUT2D eigenvalue weighted by Gasteiger charge is 2.19. The lowest BCUT2D eigenvalue weighted by molar-refractivity contribution is 0.388. The maximum Gasteiger partial charge on any atom is 0.122 e. The van der Waals surface area contributed by atoms with Crippen molar-refractivity contribution in [2.45, 2.75) is 52.5 Å². The molecular weight excluding hydrogens is 222 g/mol. The van der Waals surface area contributed by atoms with Crippen LogP contribution in [0.1, 0.15) is 50.7 Å². The summed E-state index contributed by atoms with van der Waals surface area (Å²) < 4.78 is 5.49. The fourth-order valence-corrected chi connectivity index (χ4v) is 2.43. The van der Waals surface area contributed by atoms with Crippen molar-refractivity contribution in [2.75, 3.05) is 13.7 Å². The largest absolute Gasteiger partial charge is 0.496 e. The number of hydrogen-bond donors (Lipinski definition) is 1. The Morgan fingerprint density at radius 3 is 2.56 bits per heavy atom. The first-order chi connectivity index (χ1) is 8.63. The van der Waals surface area contributed by atoms with Gasteiger partial charge in [0.2, 0.25) is 0 Å². The standard InChI is InChI=1S/C16H27NO/c1-6-10-17-15(7-2)13(4)14-11-12(3)8-9-16(14)18-5/h8-9,11,13,15,17H,6-7,10H2,1-5H3. The van der Waals surface area contributed by atoms with Gasteiger partial charge in [0.25, 0.3) is 0 Å². The first-order valence-corrected chi connectivity index (χ1v) is 7.01. The molecular formula is C16H27NO.